The van der Waals surface area contributed by atoms with Crippen molar-refractivity contribution in [3.05, 3.63) is 35.5 Å². The van der Waals surface area contributed by atoms with Gasteiger partial charge in [-0.05, 0) is 6.07 Å². The van der Waals surface area contributed by atoms with Crippen molar-refractivity contribution < 1.29 is 13.2 Å². The molecule has 0 unspecified atom stereocenters. The van der Waals surface area contributed by atoms with Gasteiger partial charge in [-0.25, -0.2) is 0 Å². The summed E-state index contributed by atoms with van der Waals surface area (Å²) >= 11 is 6.99. The highest BCUT2D eigenvalue weighted by molar-refractivity contribution is 7.99. The number of hydrogen-bond acceptors (Lipinski definition) is 3. The molecule has 3 nitrogen and oxygen atoms in total. The zero-order valence-corrected chi connectivity index (χ0v) is 10.5. The molecule has 0 bridgehead atoms. The van der Waals surface area contributed by atoms with Gasteiger partial charge in [0, 0.05) is 11.9 Å². The van der Waals surface area contributed by atoms with Crippen molar-refractivity contribution in [1.82, 2.24) is 14.6 Å². The Hall–Kier alpha value is -1.21. The molecule has 0 atom stereocenters. The summed E-state index contributed by atoms with van der Waals surface area (Å²) in [4.78, 5) is 0. The number of aromatic nitrogens is 3. The summed E-state index contributed by atoms with van der Waals surface area (Å²) in [7, 11) is 0. The Labute approximate surface area is 110 Å². The van der Waals surface area contributed by atoms with E-state index >= 15 is 0 Å². The molecular formula is C10H7ClF3N3S. The lowest BCUT2D eigenvalue weighted by Gasteiger charge is -2.08. The first kappa shape index (κ1) is 13.2. The summed E-state index contributed by atoms with van der Waals surface area (Å²) < 4.78 is 39.2. The Bertz CT molecular complexity index is 594. The molecule has 2 heterocycles. The maximum absolute atomic E-state index is 12.6. The van der Waals surface area contributed by atoms with E-state index in [0.717, 1.165) is 12.3 Å². The Morgan fingerprint density at radius 3 is 2.78 bits per heavy atom. The lowest BCUT2D eigenvalue weighted by atomic mass is 10.3. The first-order chi connectivity index (χ1) is 8.43. The lowest BCUT2D eigenvalue weighted by molar-refractivity contribution is -0.137. The normalized spacial score (nSPS) is 12.0. The smallest absolute Gasteiger partial charge is 0.276 e. The number of hydrogen-bond donors (Lipinski definition) is 0. The molecule has 0 fully saturated rings. The molecule has 0 saturated heterocycles. The predicted molar refractivity (Wildman–Crippen MR) is 63.9 cm³/mol. The van der Waals surface area contributed by atoms with Crippen LogP contribution in [0.4, 0.5) is 13.2 Å². The largest absolute Gasteiger partial charge is 0.417 e. The number of alkyl halides is 3. The molecule has 0 aromatic carbocycles. The fraction of sp³-hybridized carbons (Fsp3) is 0.200. The number of halogens is 4. The fourth-order valence-electron chi connectivity index (χ4n) is 1.32. The molecule has 0 N–H and O–H groups in total. The van der Waals surface area contributed by atoms with Crippen molar-refractivity contribution in [2.24, 2.45) is 0 Å². The molecule has 2 aromatic heterocycles. The molecule has 2 aromatic rings. The molecule has 18 heavy (non-hydrogen) atoms. The summed E-state index contributed by atoms with van der Waals surface area (Å²) in [6.45, 7) is 3.53. The van der Waals surface area contributed by atoms with Gasteiger partial charge in [-0.2, -0.15) is 13.2 Å². The Kier molecular flexibility index (Phi) is 3.54. The van der Waals surface area contributed by atoms with Crippen LogP contribution in [0, 0.1) is 0 Å². The molecule has 2 rings (SSSR count). The quantitative estimate of drug-likeness (QED) is 0.639. The van der Waals surface area contributed by atoms with Crippen molar-refractivity contribution in [3.63, 3.8) is 0 Å². The van der Waals surface area contributed by atoms with Crippen LogP contribution in [0.3, 0.4) is 0 Å². The number of pyridine rings is 1. The van der Waals surface area contributed by atoms with Gasteiger partial charge in [-0.15, -0.1) is 16.8 Å². The average molecular weight is 294 g/mol. The molecule has 0 aliphatic heterocycles. The van der Waals surface area contributed by atoms with Crippen molar-refractivity contribution in [1.29, 1.82) is 0 Å². The summed E-state index contributed by atoms with van der Waals surface area (Å²) in [6, 6.07) is 0.841. The topological polar surface area (TPSA) is 30.2 Å². The standard InChI is InChI=1S/C10H7ClF3N3S/c1-2-3-18-9-16-15-8-7(11)4-6(5-17(8)9)10(12,13)14/h2,4-5H,1,3H2. The van der Waals surface area contributed by atoms with Crippen LogP contribution in [0.2, 0.25) is 5.02 Å². The highest BCUT2D eigenvalue weighted by Gasteiger charge is 2.32. The number of thioether (sulfide) groups is 1. The van der Waals surface area contributed by atoms with Crippen LogP contribution in [0.1, 0.15) is 5.56 Å². The van der Waals surface area contributed by atoms with Crippen LogP contribution in [0.25, 0.3) is 5.65 Å². The summed E-state index contributed by atoms with van der Waals surface area (Å²) in [5, 5.41) is 7.81. The monoisotopic (exact) mass is 293 g/mol. The van der Waals surface area contributed by atoms with Crippen LogP contribution in [-0.2, 0) is 6.18 Å². The van der Waals surface area contributed by atoms with Gasteiger partial charge in [0.05, 0.1) is 10.6 Å². The second-order valence-corrected chi connectivity index (χ2v) is 4.74. The molecule has 0 aliphatic rings. The summed E-state index contributed by atoms with van der Waals surface area (Å²) in [5.74, 6) is 0.522. The van der Waals surface area contributed by atoms with Gasteiger partial charge in [0.2, 0.25) is 0 Å². The molecular weight excluding hydrogens is 287 g/mol. The third kappa shape index (κ3) is 2.46. The van der Waals surface area contributed by atoms with E-state index in [9.17, 15) is 13.2 Å². The van der Waals surface area contributed by atoms with E-state index in [-0.39, 0.29) is 10.7 Å². The van der Waals surface area contributed by atoms with Crippen molar-refractivity contribution in [2.45, 2.75) is 11.3 Å². The van der Waals surface area contributed by atoms with E-state index in [0.29, 0.717) is 10.9 Å². The van der Waals surface area contributed by atoms with E-state index in [4.69, 9.17) is 11.6 Å². The van der Waals surface area contributed by atoms with E-state index in [1.807, 2.05) is 0 Å². The Balaban J connectivity index is 2.57. The van der Waals surface area contributed by atoms with Crippen LogP contribution < -0.4 is 0 Å². The van der Waals surface area contributed by atoms with Gasteiger partial charge < -0.3 is 0 Å². The van der Waals surface area contributed by atoms with Gasteiger partial charge >= 0.3 is 6.18 Å². The van der Waals surface area contributed by atoms with Crippen LogP contribution in [0.15, 0.2) is 30.1 Å². The lowest BCUT2D eigenvalue weighted by Crippen LogP contribution is -2.07. The highest BCUT2D eigenvalue weighted by Crippen LogP contribution is 2.33. The number of rotatable bonds is 3. The SMILES string of the molecule is C=CCSc1nnc2c(Cl)cc(C(F)(F)F)cn12. The maximum Gasteiger partial charge on any atom is 0.417 e. The van der Waals surface area contributed by atoms with E-state index in [1.54, 1.807) is 6.08 Å². The van der Waals surface area contributed by atoms with Gasteiger partial charge in [-0.3, -0.25) is 4.40 Å². The summed E-state index contributed by atoms with van der Waals surface area (Å²) in [6.07, 6.45) is -1.89. The molecule has 0 spiro atoms. The third-order valence-corrected chi connectivity index (χ3v) is 3.30. The minimum atomic E-state index is -4.46. The van der Waals surface area contributed by atoms with Crippen molar-refractivity contribution >= 4 is 29.0 Å². The number of nitrogens with zero attached hydrogens (tertiary/aromatic N) is 3. The minimum Gasteiger partial charge on any atom is -0.276 e. The van der Waals surface area contributed by atoms with Crippen LogP contribution in [-0.4, -0.2) is 20.4 Å². The summed E-state index contributed by atoms with van der Waals surface area (Å²) in [5.41, 5.74) is -0.628. The molecule has 8 heteroatoms. The average Bonchev–Trinajstić information content (AvgIpc) is 2.69. The van der Waals surface area contributed by atoms with Crippen LogP contribution >= 0.6 is 23.4 Å². The molecule has 0 radical (unpaired) electrons. The molecule has 0 amide bonds. The zero-order chi connectivity index (χ0) is 13.3. The Morgan fingerprint density at radius 1 is 1.44 bits per heavy atom. The molecule has 0 aliphatic carbocycles. The van der Waals surface area contributed by atoms with Gasteiger partial charge in [-0.1, -0.05) is 29.4 Å². The fourth-order valence-corrected chi connectivity index (χ4v) is 2.21. The van der Waals surface area contributed by atoms with Gasteiger partial charge in [0.1, 0.15) is 0 Å². The van der Waals surface area contributed by atoms with Crippen molar-refractivity contribution in [3.8, 4) is 0 Å². The maximum atomic E-state index is 12.6. The second-order valence-electron chi connectivity index (χ2n) is 3.35. The second kappa shape index (κ2) is 4.81. The zero-order valence-electron chi connectivity index (χ0n) is 8.91. The van der Waals surface area contributed by atoms with E-state index < -0.39 is 11.7 Å². The van der Waals surface area contributed by atoms with Crippen LogP contribution in [0.5, 0.6) is 0 Å². The molecule has 0 saturated carbocycles. The first-order valence-corrected chi connectivity index (χ1v) is 6.15. The third-order valence-electron chi connectivity index (χ3n) is 2.09. The van der Waals surface area contributed by atoms with Crippen molar-refractivity contribution in [2.75, 3.05) is 5.75 Å². The predicted octanol–water partition coefficient (Wildman–Crippen LogP) is 3.68. The van der Waals surface area contributed by atoms with E-state index in [1.165, 1.54) is 16.2 Å². The van der Waals surface area contributed by atoms with Gasteiger partial charge in [0.25, 0.3) is 0 Å². The number of fused-ring (bicyclic) bond motifs is 1. The van der Waals surface area contributed by atoms with E-state index in [2.05, 4.69) is 16.8 Å². The van der Waals surface area contributed by atoms with Gasteiger partial charge in [0.15, 0.2) is 10.8 Å². The minimum absolute atomic E-state index is 0.0808. The Morgan fingerprint density at radius 2 is 2.17 bits per heavy atom. The highest BCUT2D eigenvalue weighted by atomic mass is 35.5. The molecule has 96 valence electrons. The first-order valence-electron chi connectivity index (χ1n) is 4.78.